The number of nitrogens with zero attached hydrogens (tertiary/aromatic N) is 2. The fraction of sp³-hybridized carbons (Fsp3) is 0.227. The van der Waals surface area contributed by atoms with E-state index in [0.29, 0.717) is 18.0 Å². The molecule has 0 bridgehead atoms. The average Bonchev–Trinajstić information content (AvgIpc) is 3.21. The van der Waals surface area contributed by atoms with Gasteiger partial charge < -0.3 is 14.0 Å². The van der Waals surface area contributed by atoms with Gasteiger partial charge in [0.1, 0.15) is 0 Å². The normalized spacial score (nSPS) is 11.8. The Bertz CT molecular complexity index is 1330. The van der Waals surface area contributed by atoms with Crippen LogP contribution in [0.4, 0.5) is 0 Å². The van der Waals surface area contributed by atoms with Crippen LogP contribution in [-0.2, 0) is 16.8 Å². The van der Waals surface area contributed by atoms with Crippen LogP contribution in [0.5, 0.6) is 11.5 Å². The van der Waals surface area contributed by atoms with Crippen molar-refractivity contribution in [2.75, 3.05) is 20.8 Å². The molecule has 0 atom stereocenters. The van der Waals surface area contributed by atoms with Crippen LogP contribution in [0.3, 0.4) is 0 Å². The second kappa shape index (κ2) is 8.54. The Hall–Kier alpha value is -3.14. The summed E-state index contributed by atoms with van der Waals surface area (Å²) in [4.78, 5) is 4.56. The third-order valence-corrected chi connectivity index (χ3v) is 6.23. The summed E-state index contributed by atoms with van der Waals surface area (Å²) in [7, 11) is -0.271. The Morgan fingerprint density at radius 1 is 1.00 bits per heavy atom. The summed E-state index contributed by atoms with van der Waals surface area (Å²) in [5, 5.41) is 1.95. The molecule has 0 unspecified atom stereocenters. The maximum absolute atomic E-state index is 11.8. The molecular weight excluding hydrogens is 416 g/mol. The molecule has 4 rings (SSSR count). The van der Waals surface area contributed by atoms with Crippen LogP contribution < -0.4 is 18.9 Å². The van der Waals surface area contributed by atoms with Gasteiger partial charge in [0, 0.05) is 48.0 Å². The van der Waals surface area contributed by atoms with Gasteiger partial charge in [-0.25, -0.2) is 4.72 Å². The van der Waals surface area contributed by atoms with Crippen molar-refractivity contribution in [2.45, 2.75) is 13.5 Å². The second-order valence-electron chi connectivity index (χ2n) is 6.96. The minimum atomic E-state index is -3.48. The molecule has 0 saturated heterocycles. The first-order chi connectivity index (χ1) is 15.0. The van der Waals surface area contributed by atoms with E-state index in [1.54, 1.807) is 21.1 Å². The highest BCUT2D eigenvalue weighted by atomic mass is 32.2. The summed E-state index contributed by atoms with van der Waals surface area (Å²) in [6.07, 6.45) is 3.83. The highest BCUT2D eigenvalue weighted by Gasteiger charge is 2.13. The predicted octanol–water partition coefficient (Wildman–Crippen LogP) is 3.14. The van der Waals surface area contributed by atoms with Crippen molar-refractivity contribution < 1.29 is 17.9 Å². The Morgan fingerprint density at radius 3 is 2.39 bits per heavy atom. The lowest BCUT2D eigenvalue weighted by molar-refractivity contribution is 0.356. The van der Waals surface area contributed by atoms with Crippen LogP contribution in [0, 0.1) is 0 Å². The summed E-state index contributed by atoms with van der Waals surface area (Å²) in [5.41, 5.74) is 3.63. The first-order valence-electron chi connectivity index (χ1n) is 9.81. The summed E-state index contributed by atoms with van der Waals surface area (Å²) in [6, 6.07) is 13.5. The Balaban J connectivity index is 1.72. The third kappa shape index (κ3) is 4.20. The summed E-state index contributed by atoms with van der Waals surface area (Å²) < 4.78 is 41.5. The lowest BCUT2D eigenvalue weighted by Crippen LogP contribution is -2.35. The van der Waals surface area contributed by atoms with Gasteiger partial charge in [0.15, 0.2) is 11.5 Å². The van der Waals surface area contributed by atoms with Gasteiger partial charge in [-0.15, -0.1) is 0 Å². The highest BCUT2D eigenvalue weighted by Crippen LogP contribution is 2.35. The first-order valence-corrected chi connectivity index (χ1v) is 11.3. The molecule has 2 aromatic heterocycles. The van der Waals surface area contributed by atoms with E-state index in [4.69, 9.17) is 9.47 Å². The van der Waals surface area contributed by atoms with Crippen molar-refractivity contribution in [1.29, 1.82) is 0 Å². The minimum Gasteiger partial charge on any atom is -0.493 e. The number of methoxy groups -OCH3 is 2. The molecule has 9 heteroatoms. The molecule has 4 aromatic rings. The molecule has 0 saturated carbocycles. The molecule has 162 valence electrons. The monoisotopic (exact) mass is 440 g/mol. The average molecular weight is 441 g/mol. The largest absolute Gasteiger partial charge is 0.493 e. The van der Waals surface area contributed by atoms with Crippen molar-refractivity contribution in [1.82, 2.24) is 19.0 Å². The quantitative estimate of drug-likeness (QED) is 0.439. The molecule has 2 heterocycles. The van der Waals surface area contributed by atoms with Crippen LogP contribution in [0.1, 0.15) is 12.5 Å². The molecule has 0 spiro atoms. The number of nitrogens with one attached hydrogen (secondary N) is 2. The van der Waals surface area contributed by atoms with Crippen molar-refractivity contribution >= 4 is 32.0 Å². The van der Waals surface area contributed by atoms with Gasteiger partial charge in [0.2, 0.25) is 0 Å². The second-order valence-corrected chi connectivity index (χ2v) is 8.55. The number of pyridine rings is 1. The van der Waals surface area contributed by atoms with E-state index in [0.717, 1.165) is 33.1 Å². The molecule has 8 nitrogen and oxygen atoms in total. The van der Waals surface area contributed by atoms with Gasteiger partial charge in [-0.2, -0.15) is 13.1 Å². The van der Waals surface area contributed by atoms with Gasteiger partial charge in [-0.05, 0) is 29.8 Å². The summed E-state index contributed by atoms with van der Waals surface area (Å²) in [6.45, 7) is 2.29. The van der Waals surface area contributed by atoms with Gasteiger partial charge in [0.25, 0.3) is 10.2 Å². The molecule has 0 fully saturated rings. The number of benzene rings is 2. The van der Waals surface area contributed by atoms with E-state index in [1.807, 2.05) is 54.9 Å². The molecule has 31 heavy (non-hydrogen) atoms. The standard InChI is InChI=1S/C22H24N4O4S/c1-4-24-31(27,28)25-13-15-5-7-17(8-6-15)26-10-9-16-14-23-19-12-21(30-3)20(29-2)11-18(19)22(16)26/h5-12,14,24-25H,4,13H2,1-3H3. The number of rotatable bonds is 8. The molecule has 2 N–H and O–H groups in total. The van der Waals surface area contributed by atoms with Crippen LogP contribution in [-0.4, -0.2) is 38.7 Å². The van der Waals surface area contributed by atoms with E-state index < -0.39 is 10.2 Å². The van der Waals surface area contributed by atoms with Gasteiger partial charge in [0.05, 0.1) is 25.3 Å². The highest BCUT2D eigenvalue weighted by molar-refractivity contribution is 7.87. The SMILES string of the molecule is CCNS(=O)(=O)NCc1ccc(-n2ccc3cnc4cc(OC)c(OC)cc4c32)cc1. The smallest absolute Gasteiger partial charge is 0.277 e. The molecule has 0 aliphatic carbocycles. The van der Waals surface area contributed by atoms with E-state index >= 15 is 0 Å². The van der Waals surface area contributed by atoms with E-state index in [9.17, 15) is 8.42 Å². The topological polar surface area (TPSA) is 94.5 Å². The lowest BCUT2D eigenvalue weighted by Gasteiger charge is -2.12. The number of aromatic nitrogens is 2. The molecule has 0 aliphatic rings. The van der Waals surface area contributed by atoms with Crippen molar-refractivity contribution in [3.63, 3.8) is 0 Å². The minimum absolute atomic E-state index is 0.214. The molecular formula is C22H24N4O4S. The maximum Gasteiger partial charge on any atom is 0.277 e. The molecule has 0 amide bonds. The Morgan fingerprint density at radius 2 is 1.71 bits per heavy atom. The zero-order valence-electron chi connectivity index (χ0n) is 17.5. The molecule has 0 radical (unpaired) electrons. The first kappa shape index (κ1) is 21.1. The fourth-order valence-corrected chi connectivity index (χ4v) is 4.39. The van der Waals surface area contributed by atoms with Gasteiger partial charge in [-0.1, -0.05) is 19.1 Å². The van der Waals surface area contributed by atoms with E-state index in [2.05, 4.69) is 19.0 Å². The summed E-state index contributed by atoms with van der Waals surface area (Å²) in [5.74, 6) is 1.27. The third-order valence-electron chi connectivity index (χ3n) is 5.03. The lowest BCUT2D eigenvalue weighted by atomic mass is 10.1. The number of hydrogen-bond donors (Lipinski definition) is 2. The fourth-order valence-electron chi connectivity index (χ4n) is 3.55. The zero-order chi connectivity index (χ0) is 22.0. The Labute approximate surface area is 181 Å². The van der Waals surface area contributed by atoms with E-state index in [1.165, 1.54) is 0 Å². The van der Waals surface area contributed by atoms with E-state index in [-0.39, 0.29) is 6.54 Å². The zero-order valence-corrected chi connectivity index (χ0v) is 18.4. The van der Waals surface area contributed by atoms with Crippen LogP contribution in [0.15, 0.2) is 54.9 Å². The molecule has 0 aliphatic heterocycles. The van der Waals surface area contributed by atoms with Crippen LogP contribution in [0.25, 0.3) is 27.5 Å². The van der Waals surface area contributed by atoms with Crippen molar-refractivity contribution in [2.24, 2.45) is 0 Å². The number of fused-ring (bicyclic) bond motifs is 3. The number of hydrogen-bond acceptors (Lipinski definition) is 5. The van der Waals surface area contributed by atoms with Crippen molar-refractivity contribution in [3.8, 4) is 17.2 Å². The predicted molar refractivity (Wildman–Crippen MR) is 121 cm³/mol. The number of ether oxygens (including phenoxy) is 2. The molecule has 2 aromatic carbocycles. The van der Waals surface area contributed by atoms with Gasteiger partial charge >= 0.3 is 0 Å². The van der Waals surface area contributed by atoms with Crippen LogP contribution in [0.2, 0.25) is 0 Å². The maximum atomic E-state index is 11.8. The van der Waals surface area contributed by atoms with Crippen molar-refractivity contribution in [3.05, 3.63) is 60.4 Å². The summed E-state index contributed by atoms with van der Waals surface area (Å²) >= 11 is 0. The van der Waals surface area contributed by atoms with Crippen LogP contribution >= 0.6 is 0 Å². The van der Waals surface area contributed by atoms with Gasteiger partial charge in [-0.3, -0.25) is 4.98 Å². The Kier molecular flexibility index (Phi) is 5.81.